The minimum atomic E-state index is -1.09. The largest absolute Gasteiger partial charge is 0.480 e. The SMILES string of the molecule is NCCCNC(=O)N1C[C@H](O)C[C@@H]1C(=O)O. The molecule has 1 heterocycles. The van der Waals surface area contributed by atoms with Crippen LogP contribution in [0.5, 0.6) is 0 Å². The van der Waals surface area contributed by atoms with Crippen LogP contribution in [0, 0.1) is 0 Å². The van der Waals surface area contributed by atoms with Gasteiger partial charge in [-0.2, -0.15) is 0 Å². The number of hydrogen-bond acceptors (Lipinski definition) is 4. The van der Waals surface area contributed by atoms with Gasteiger partial charge >= 0.3 is 12.0 Å². The summed E-state index contributed by atoms with van der Waals surface area (Å²) >= 11 is 0. The number of hydrogen-bond donors (Lipinski definition) is 4. The molecule has 0 aromatic rings. The van der Waals surface area contributed by atoms with Gasteiger partial charge in [-0.05, 0) is 13.0 Å². The number of carboxylic acid groups (broad SMARTS) is 1. The molecular weight excluding hydrogens is 214 g/mol. The molecule has 2 atom stereocenters. The van der Waals surface area contributed by atoms with Gasteiger partial charge in [-0.1, -0.05) is 0 Å². The molecule has 1 aliphatic rings. The average molecular weight is 231 g/mol. The second-order valence-corrected chi connectivity index (χ2v) is 3.77. The molecule has 7 nitrogen and oxygen atoms in total. The summed E-state index contributed by atoms with van der Waals surface area (Å²) in [6.07, 6.45) is -0.0409. The lowest BCUT2D eigenvalue weighted by Gasteiger charge is -2.21. The van der Waals surface area contributed by atoms with Crippen molar-refractivity contribution in [2.45, 2.75) is 25.0 Å². The van der Waals surface area contributed by atoms with Gasteiger partial charge in [-0.15, -0.1) is 0 Å². The Morgan fingerprint density at radius 2 is 2.19 bits per heavy atom. The number of urea groups is 1. The summed E-state index contributed by atoms with van der Waals surface area (Å²) in [6, 6.07) is -1.40. The highest BCUT2D eigenvalue weighted by atomic mass is 16.4. The van der Waals surface area contributed by atoms with Gasteiger partial charge in [0.1, 0.15) is 6.04 Å². The molecule has 5 N–H and O–H groups in total. The van der Waals surface area contributed by atoms with E-state index in [1.54, 1.807) is 0 Å². The second-order valence-electron chi connectivity index (χ2n) is 3.77. The number of aliphatic carboxylic acids is 1. The number of carboxylic acids is 1. The summed E-state index contributed by atoms with van der Waals surface area (Å²) in [7, 11) is 0. The van der Waals surface area contributed by atoms with E-state index >= 15 is 0 Å². The first-order valence-corrected chi connectivity index (χ1v) is 5.21. The van der Waals surface area contributed by atoms with E-state index in [1.165, 1.54) is 0 Å². The quantitative estimate of drug-likeness (QED) is 0.442. The topological polar surface area (TPSA) is 116 Å². The molecule has 0 saturated carbocycles. The van der Waals surface area contributed by atoms with Crippen molar-refractivity contribution in [2.24, 2.45) is 5.73 Å². The first kappa shape index (κ1) is 12.7. The van der Waals surface area contributed by atoms with E-state index in [2.05, 4.69) is 5.32 Å². The normalized spacial score (nSPS) is 24.5. The lowest BCUT2D eigenvalue weighted by atomic mass is 10.2. The highest BCUT2D eigenvalue weighted by molar-refractivity contribution is 5.83. The zero-order chi connectivity index (χ0) is 12.1. The molecule has 0 aromatic carbocycles. The number of nitrogens with two attached hydrogens (primary N) is 1. The molecule has 0 radical (unpaired) electrons. The molecule has 1 aliphatic heterocycles. The maximum Gasteiger partial charge on any atom is 0.326 e. The number of nitrogens with zero attached hydrogens (tertiary/aromatic N) is 1. The number of carbonyl (C=O) groups excluding carboxylic acids is 1. The first-order chi connectivity index (χ1) is 7.56. The van der Waals surface area contributed by atoms with Crippen molar-refractivity contribution in [3.05, 3.63) is 0 Å². The highest BCUT2D eigenvalue weighted by Crippen LogP contribution is 2.17. The molecule has 7 heteroatoms. The Morgan fingerprint density at radius 1 is 1.50 bits per heavy atom. The molecule has 1 fully saturated rings. The lowest BCUT2D eigenvalue weighted by molar-refractivity contribution is -0.141. The third-order valence-electron chi connectivity index (χ3n) is 2.48. The number of aliphatic hydroxyl groups excluding tert-OH is 1. The van der Waals surface area contributed by atoms with Gasteiger partial charge in [0.05, 0.1) is 6.10 Å². The van der Waals surface area contributed by atoms with E-state index in [4.69, 9.17) is 10.8 Å². The van der Waals surface area contributed by atoms with Gasteiger partial charge in [-0.25, -0.2) is 9.59 Å². The van der Waals surface area contributed by atoms with Crippen LogP contribution in [-0.2, 0) is 4.79 Å². The van der Waals surface area contributed by atoms with E-state index in [0.29, 0.717) is 19.5 Å². The third-order valence-corrected chi connectivity index (χ3v) is 2.48. The van der Waals surface area contributed by atoms with Crippen LogP contribution in [0.4, 0.5) is 4.79 Å². The van der Waals surface area contributed by atoms with Crippen LogP contribution in [-0.4, -0.2) is 58.9 Å². The van der Waals surface area contributed by atoms with Crippen LogP contribution < -0.4 is 11.1 Å². The number of carbonyl (C=O) groups is 2. The maximum atomic E-state index is 11.6. The van der Waals surface area contributed by atoms with Crippen molar-refractivity contribution in [1.82, 2.24) is 10.2 Å². The van der Waals surface area contributed by atoms with Crippen LogP contribution in [0.1, 0.15) is 12.8 Å². The molecular formula is C9H17N3O4. The van der Waals surface area contributed by atoms with E-state index in [1.807, 2.05) is 0 Å². The third kappa shape index (κ3) is 3.07. The van der Waals surface area contributed by atoms with Gasteiger partial charge in [0, 0.05) is 19.5 Å². The van der Waals surface area contributed by atoms with Crippen molar-refractivity contribution in [2.75, 3.05) is 19.6 Å². The van der Waals surface area contributed by atoms with Gasteiger partial charge in [0.25, 0.3) is 0 Å². The number of β-amino-alcohol motifs (C(OH)–C–C–N with tert-alkyl or cyclic N) is 1. The zero-order valence-corrected chi connectivity index (χ0v) is 8.93. The predicted octanol–water partition coefficient (Wildman–Crippen LogP) is -1.44. The fourth-order valence-electron chi connectivity index (χ4n) is 1.67. The molecule has 92 valence electrons. The van der Waals surface area contributed by atoms with Crippen LogP contribution in [0.25, 0.3) is 0 Å². The maximum absolute atomic E-state index is 11.6. The molecule has 2 amide bonds. The molecule has 0 bridgehead atoms. The average Bonchev–Trinajstić information content (AvgIpc) is 2.61. The molecule has 16 heavy (non-hydrogen) atoms. The van der Waals surface area contributed by atoms with E-state index in [9.17, 15) is 14.7 Å². The fraction of sp³-hybridized carbons (Fsp3) is 0.778. The Kier molecular flexibility index (Phi) is 4.51. The zero-order valence-electron chi connectivity index (χ0n) is 8.93. The minimum absolute atomic E-state index is 0.0609. The Morgan fingerprint density at radius 3 is 2.75 bits per heavy atom. The molecule has 0 aliphatic carbocycles. The van der Waals surface area contributed by atoms with E-state index in [0.717, 1.165) is 4.90 Å². The van der Waals surface area contributed by atoms with Crippen molar-refractivity contribution in [3.63, 3.8) is 0 Å². The summed E-state index contributed by atoms with van der Waals surface area (Å²) in [4.78, 5) is 23.6. The van der Waals surface area contributed by atoms with Crippen molar-refractivity contribution in [3.8, 4) is 0 Å². The van der Waals surface area contributed by atoms with Crippen molar-refractivity contribution < 1.29 is 19.8 Å². The van der Waals surface area contributed by atoms with Crippen molar-refractivity contribution in [1.29, 1.82) is 0 Å². The summed E-state index contributed by atoms with van der Waals surface area (Å²) in [5.74, 6) is -1.09. The van der Waals surface area contributed by atoms with E-state index < -0.39 is 24.1 Å². The second kappa shape index (κ2) is 5.66. The number of likely N-dealkylation sites (tertiary alicyclic amines) is 1. The van der Waals surface area contributed by atoms with Crippen LogP contribution in [0.15, 0.2) is 0 Å². The Hall–Kier alpha value is -1.34. The molecule has 1 rings (SSSR count). The highest BCUT2D eigenvalue weighted by Gasteiger charge is 2.38. The van der Waals surface area contributed by atoms with Gasteiger partial charge < -0.3 is 26.2 Å². The number of rotatable bonds is 4. The van der Waals surface area contributed by atoms with Gasteiger partial charge in [0.2, 0.25) is 0 Å². The number of nitrogens with one attached hydrogen (secondary N) is 1. The summed E-state index contributed by atoms with van der Waals surface area (Å²) in [6.45, 7) is 0.935. The smallest absolute Gasteiger partial charge is 0.326 e. The lowest BCUT2D eigenvalue weighted by Crippen LogP contribution is -2.46. The predicted molar refractivity (Wildman–Crippen MR) is 55.8 cm³/mol. The molecule has 0 unspecified atom stereocenters. The molecule has 0 spiro atoms. The summed E-state index contributed by atoms with van der Waals surface area (Å²) in [5.41, 5.74) is 5.27. The van der Waals surface area contributed by atoms with Crippen LogP contribution >= 0.6 is 0 Å². The van der Waals surface area contributed by atoms with Gasteiger partial charge in [-0.3, -0.25) is 0 Å². The Balaban J connectivity index is 2.50. The standard InChI is InChI=1S/C9H17N3O4/c10-2-1-3-11-9(16)12-5-6(13)4-7(12)8(14)15/h6-7,13H,1-5,10H2,(H,11,16)(H,14,15)/t6-,7-/m1/s1. The Labute approximate surface area is 93.2 Å². The van der Waals surface area contributed by atoms with Crippen molar-refractivity contribution >= 4 is 12.0 Å². The van der Waals surface area contributed by atoms with Crippen LogP contribution in [0.3, 0.4) is 0 Å². The Bertz CT molecular complexity index is 271. The minimum Gasteiger partial charge on any atom is -0.480 e. The number of amides is 2. The number of aliphatic hydroxyl groups is 1. The fourth-order valence-corrected chi connectivity index (χ4v) is 1.67. The molecule has 1 saturated heterocycles. The first-order valence-electron chi connectivity index (χ1n) is 5.21. The monoisotopic (exact) mass is 231 g/mol. The molecule has 0 aromatic heterocycles. The summed E-state index contributed by atoms with van der Waals surface area (Å²) in [5, 5.41) is 20.8. The van der Waals surface area contributed by atoms with E-state index in [-0.39, 0.29) is 13.0 Å². The van der Waals surface area contributed by atoms with Gasteiger partial charge in [0.15, 0.2) is 0 Å². The van der Waals surface area contributed by atoms with Crippen LogP contribution in [0.2, 0.25) is 0 Å². The summed E-state index contributed by atoms with van der Waals surface area (Å²) < 4.78 is 0.